The van der Waals surface area contributed by atoms with E-state index >= 15 is 0 Å². The number of aryl methyl sites for hydroxylation is 5. The average molecular weight is 486 g/mol. The number of pyridine rings is 1. The molecule has 2 aromatic heterocycles. The molecule has 36 heavy (non-hydrogen) atoms. The Hall–Kier alpha value is -4.17. The van der Waals surface area contributed by atoms with Gasteiger partial charge in [-0.05, 0) is 97.0 Å². The lowest BCUT2D eigenvalue weighted by atomic mass is 9.88. The number of hydrogen-bond acceptors (Lipinski definition) is 2. The fourth-order valence-corrected chi connectivity index (χ4v) is 4.33. The van der Waals surface area contributed by atoms with E-state index in [4.69, 9.17) is 29.1 Å². The lowest BCUT2D eigenvalue weighted by molar-refractivity contribution is 0.670. The number of rotatable bonds is 3. The van der Waals surface area contributed by atoms with Gasteiger partial charge in [-0.2, -0.15) is 0 Å². The van der Waals surface area contributed by atoms with E-state index in [-0.39, 0.29) is 61.0 Å². The van der Waals surface area contributed by atoms with Gasteiger partial charge < -0.3 is 4.42 Å². The van der Waals surface area contributed by atoms with E-state index < -0.39 is 80.4 Å². The third-order valence-corrected chi connectivity index (χ3v) is 6.09. The van der Waals surface area contributed by atoms with Gasteiger partial charge in [-0.1, -0.05) is 66.1 Å². The number of aromatic nitrogens is 1. The first kappa shape index (κ1) is 10.1. The molecule has 2 heterocycles. The molecule has 0 unspecified atom stereocenters. The van der Waals surface area contributed by atoms with Crippen LogP contribution < -0.4 is 0 Å². The Kier molecular flexibility index (Phi) is 2.37. The molecule has 176 valence electrons. The summed E-state index contributed by atoms with van der Waals surface area (Å²) >= 11 is 0. The predicted molar refractivity (Wildman–Crippen MR) is 152 cm³/mol. The van der Waals surface area contributed by atoms with E-state index in [9.17, 15) is 0 Å². The number of furan rings is 1. The predicted octanol–water partition coefficient (Wildman–Crippen LogP) is 9.52. The molecule has 2 heteroatoms. The summed E-state index contributed by atoms with van der Waals surface area (Å²) in [5.74, 6) is 0. The SMILES string of the molecule is [2H]c1cc(-c2cc(-c3cc(C([2H])([2H])[2H])c(-c4ccc(C)cc4C([2H])([2H])[2H])cc3C([2H])([2H])[2H])c(C([2H])([2H])[2H])cn2)c2oc3c([2H])c([2H])c([2H])c([2H])c3c2c1[2H]. The Bertz CT molecular complexity index is 2520. The standard InChI is InChI=1S/C34H29NO/c1-20-13-14-25(21(2)15-20)29-16-23(4)30(17-22(29)3)31-18-32(35-19-24(31)5)28-11-8-10-27-26-9-6-7-12-33(26)36-34(27)28/h6-19H,1-5H3/i2D3,3D3,4D3,5D3,6D,7D,8D,9D,10D,12D. The Balaban J connectivity index is 1.75. The number of hydrogen-bond donors (Lipinski definition) is 0. The van der Waals surface area contributed by atoms with Crippen molar-refractivity contribution < 1.29 is 29.1 Å². The maximum absolute atomic E-state index is 8.62. The summed E-state index contributed by atoms with van der Waals surface area (Å²) in [5, 5.41) is -0.297. The molecular formula is C34H29NO. The number of nitrogens with zero attached hydrogens (tertiary/aromatic N) is 1. The average Bonchev–Trinajstić information content (AvgIpc) is 3.47. The van der Waals surface area contributed by atoms with Crippen LogP contribution in [0.5, 0.6) is 0 Å². The fraction of sp³-hybridized carbons (Fsp3) is 0.147. The van der Waals surface area contributed by atoms with E-state index in [1.54, 1.807) is 13.0 Å². The molecular weight excluding hydrogens is 438 g/mol. The van der Waals surface area contributed by atoms with Crippen LogP contribution in [0.2, 0.25) is 0 Å². The van der Waals surface area contributed by atoms with Crippen LogP contribution in [0.1, 0.15) is 52.5 Å². The van der Waals surface area contributed by atoms with Gasteiger partial charge in [0.15, 0.2) is 0 Å². The largest absolute Gasteiger partial charge is 0.455 e. The summed E-state index contributed by atoms with van der Waals surface area (Å²) in [4.78, 5) is 4.30. The number of fused-ring (bicyclic) bond motifs is 3. The molecule has 0 saturated carbocycles. The Morgan fingerprint density at radius 3 is 2.17 bits per heavy atom. The van der Waals surface area contributed by atoms with E-state index in [1.165, 1.54) is 24.3 Å². The van der Waals surface area contributed by atoms with Crippen molar-refractivity contribution in [3.63, 3.8) is 0 Å². The van der Waals surface area contributed by atoms with Gasteiger partial charge >= 0.3 is 0 Å². The van der Waals surface area contributed by atoms with Crippen molar-refractivity contribution in [2.75, 3.05) is 0 Å². The summed E-state index contributed by atoms with van der Waals surface area (Å²) < 4.78 is 156. The monoisotopic (exact) mass is 485 g/mol. The second kappa shape index (κ2) is 8.49. The first-order valence-electron chi connectivity index (χ1n) is 20.0. The van der Waals surface area contributed by atoms with E-state index in [0.29, 0.717) is 5.56 Å². The van der Waals surface area contributed by atoms with Crippen LogP contribution in [0.4, 0.5) is 0 Å². The third-order valence-electron chi connectivity index (χ3n) is 6.09. The van der Waals surface area contributed by atoms with Gasteiger partial charge in [-0.15, -0.1) is 0 Å². The van der Waals surface area contributed by atoms with Crippen LogP contribution in [0.25, 0.3) is 55.4 Å². The zero-order chi connectivity index (χ0) is 40.2. The normalized spacial score (nSPS) is 20.1. The van der Waals surface area contributed by atoms with Crippen molar-refractivity contribution >= 4 is 21.9 Å². The maximum atomic E-state index is 8.62. The molecule has 0 bridgehead atoms. The molecule has 4 aromatic carbocycles. The molecule has 6 rings (SSSR count). The molecule has 0 amide bonds. The minimum absolute atomic E-state index is 0.0394. The van der Waals surface area contributed by atoms with Crippen molar-refractivity contribution in [1.29, 1.82) is 0 Å². The summed E-state index contributed by atoms with van der Waals surface area (Å²) in [7, 11) is 0. The van der Waals surface area contributed by atoms with Gasteiger partial charge in [-0.25, -0.2) is 0 Å². The quantitative estimate of drug-likeness (QED) is 0.249. The molecule has 0 aliphatic heterocycles. The van der Waals surface area contributed by atoms with Gasteiger partial charge in [0.1, 0.15) is 11.2 Å². The third kappa shape index (κ3) is 3.61. The molecule has 0 saturated heterocycles. The van der Waals surface area contributed by atoms with Gasteiger partial charge in [0.05, 0.1) is 13.9 Å². The van der Waals surface area contributed by atoms with Crippen molar-refractivity contribution in [3.8, 4) is 33.5 Å². The first-order valence-corrected chi connectivity index (χ1v) is 11.0. The number of benzene rings is 4. The molecule has 0 spiro atoms. The van der Waals surface area contributed by atoms with Crippen LogP contribution in [-0.4, -0.2) is 4.98 Å². The highest BCUT2D eigenvalue weighted by molar-refractivity contribution is 6.09. The zero-order valence-corrected chi connectivity index (χ0v) is 19.0. The molecule has 0 N–H and O–H groups in total. The van der Waals surface area contributed by atoms with Crippen molar-refractivity contribution in [3.05, 3.63) is 113 Å². The van der Waals surface area contributed by atoms with Crippen LogP contribution in [0.3, 0.4) is 0 Å². The summed E-state index contributed by atoms with van der Waals surface area (Å²) in [6.45, 7) is -9.99. The molecule has 2 nitrogen and oxygen atoms in total. The second-order valence-electron chi connectivity index (χ2n) is 8.45. The highest BCUT2D eigenvalue weighted by Gasteiger charge is 2.16. The molecule has 0 aliphatic carbocycles. The smallest absolute Gasteiger partial charge is 0.144 e. The minimum atomic E-state index is -3.01. The van der Waals surface area contributed by atoms with E-state index in [2.05, 4.69) is 4.98 Å². The van der Waals surface area contributed by atoms with Crippen LogP contribution in [0, 0.1) is 34.3 Å². The fourth-order valence-electron chi connectivity index (χ4n) is 4.33. The number of para-hydroxylation sites is 2. The molecule has 0 atom stereocenters. The minimum Gasteiger partial charge on any atom is -0.455 e. The van der Waals surface area contributed by atoms with Crippen LogP contribution >= 0.6 is 0 Å². The second-order valence-corrected chi connectivity index (χ2v) is 8.45. The zero-order valence-electron chi connectivity index (χ0n) is 37.0. The summed E-state index contributed by atoms with van der Waals surface area (Å²) in [6.07, 6.45) is 0.943. The van der Waals surface area contributed by atoms with E-state index in [0.717, 1.165) is 18.3 Å². The van der Waals surface area contributed by atoms with Gasteiger partial charge in [-0.3, -0.25) is 4.98 Å². The van der Waals surface area contributed by atoms with Gasteiger partial charge in [0, 0.05) is 39.0 Å². The van der Waals surface area contributed by atoms with E-state index in [1.807, 2.05) is 0 Å². The highest BCUT2D eigenvalue weighted by atomic mass is 16.3. The Morgan fingerprint density at radius 2 is 1.36 bits per heavy atom. The van der Waals surface area contributed by atoms with Crippen LogP contribution in [0.15, 0.2) is 89.3 Å². The van der Waals surface area contributed by atoms with Crippen molar-refractivity contribution in [1.82, 2.24) is 4.98 Å². The maximum Gasteiger partial charge on any atom is 0.144 e. The molecule has 0 aliphatic rings. The highest BCUT2D eigenvalue weighted by Crippen LogP contribution is 2.38. The Morgan fingerprint density at radius 1 is 0.667 bits per heavy atom. The van der Waals surface area contributed by atoms with Gasteiger partial charge in [0.25, 0.3) is 0 Å². The molecule has 0 fully saturated rings. The first-order chi connectivity index (χ1) is 24.7. The van der Waals surface area contributed by atoms with Gasteiger partial charge in [0.2, 0.25) is 0 Å². The lowest BCUT2D eigenvalue weighted by Crippen LogP contribution is -1.95. The van der Waals surface area contributed by atoms with Crippen LogP contribution in [-0.2, 0) is 0 Å². The summed E-state index contributed by atoms with van der Waals surface area (Å²) in [6, 6.07) is 5.63. The molecule has 6 aromatic rings. The molecule has 0 radical (unpaired) electrons. The summed E-state index contributed by atoms with van der Waals surface area (Å²) in [5.41, 5.74) is -2.56. The topological polar surface area (TPSA) is 26.0 Å². The van der Waals surface area contributed by atoms with Crippen molar-refractivity contribution in [2.45, 2.75) is 34.3 Å². The lowest BCUT2D eigenvalue weighted by Gasteiger charge is -2.17. The Labute approximate surface area is 237 Å². The van der Waals surface area contributed by atoms with Crippen molar-refractivity contribution in [2.24, 2.45) is 0 Å².